The Balaban J connectivity index is 1.36. The van der Waals surface area contributed by atoms with E-state index in [2.05, 4.69) is 5.32 Å². The van der Waals surface area contributed by atoms with Crippen LogP contribution >= 0.6 is 0 Å². The monoisotopic (exact) mass is 426 g/mol. The third-order valence-corrected chi connectivity index (χ3v) is 5.11. The number of furan rings is 1. The number of carbonyl (C=O) groups excluding carboxylic acids is 3. The van der Waals surface area contributed by atoms with Crippen molar-refractivity contribution >= 4 is 29.1 Å². The highest BCUT2D eigenvalue weighted by atomic mass is 19.1. The zero-order valence-electron chi connectivity index (χ0n) is 16.5. The average Bonchev–Trinajstić information content (AvgIpc) is 3.39. The van der Waals surface area contributed by atoms with Crippen LogP contribution in [0.3, 0.4) is 0 Å². The van der Waals surface area contributed by atoms with E-state index >= 15 is 0 Å². The fourth-order valence-electron chi connectivity index (χ4n) is 3.57. The molecular weight excluding hydrogens is 411 g/mol. The second-order valence-corrected chi connectivity index (χ2v) is 7.17. The number of hydrogen-bond acceptors (Lipinski definition) is 4. The van der Waals surface area contributed by atoms with E-state index in [0.717, 1.165) is 4.90 Å². The summed E-state index contributed by atoms with van der Waals surface area (Å²) in [6.45, 7) is 0. The largest absolute Gasteiger partial charge is 0.451 e. The molecule has 3 amide bonds. The first-order chi connectivity index (χ1) is 15.5. The minimum Gasteiger partial charge on any atom is -0.451 e. The number of nitrogens with one attached hydrogen (secondary N) is 1. The lowest BCUT2D eigenvalue weighted by Crippen LogP contribution is -2.29. The van der Waals surface area contributed by atoms with Gasteiger partial charge in [0.05, 0.1) is 16.8 Å². The van der Waals surface area contributed by atoms with Gasteiger partial charge in [-0.15, -0.1) is 0 Å². The van der Waals surface area contributed by atoms with Gasteiger partial charge in [0.1, 0.15) is 11.6 Å². The number of amides is 3. The van der Waals surface area contributed by atoms with Gasteiger partial charge >= 0.3 is 0 Å². The van der Waals surface area contributed by atoms with Gasteiger partial charge in [-0.2, -0.15) is 0 Å². The Morgan fingerprint density at radius 3 is 2.19 bits per heavy atom. The van der Waals surface area contributed by atoms with Gasteiger partial charge in [-0.1, -0.05) is 18.2 Å². The molecule has 0 saturated heterocycles. The third kappa shape index (κ3) is 3.35. The van der Waals surface area contributed by atoms with Crippen LogP contribution in [-0.2, 0) is 0 Å². The summed E-state index contributed by atoms with van der Waals surface area (Å²) in [5.74, 6) is -1.20. The fourth-order valence-corrected chi connectivity index (χ4v) is 3.57. The quantitative estimate of drug-likeness (QED) is 0.459. The number of fused-ring (bicyclic) bond motifs is 1. The van der Waals surface area contributed by atoms with E-state index in [1.54, 1.807) is 66.7 Å². The Morgan fingerprint density at radius 1 is 0.812 bits per heavy atom. The highest BCUT2D eigenvalue weighted by molar-refractivity contribution is 6.34. The summed E-state index contributed by atoms with van der Waals surface area (Å²) in [6, 6.07) is 21.9. The number of imide groups is 1. The second-order valence-electron chi connectivity index (χ2n) is 7.17. The summed E-state index contributed by atoms with van der Waals surface area (Å²) >= 11 is 0. The van der Waals surface area contributed by atoms with Crippen molar-refractivity contribution in [2.75, 3.05) is 10.2 Å². The molecule has 3 aromatic carbocycles. The van der Waals surface area contributed by atoms with Crippen molar-refractivity contribution in [1.82, 2.24) is 0 Å². The minimum absolute atomic E-state index is 0.0652. The van der Waals surface area contributed by atoms with E-state index in [1.807, 2.05) is 0 Å². The molecule has 4 aromatic rings. The van der Waals surface area contributed by atoms with Crippen molar-refractivity contribution in [3.63, 3.8) is 0 Å². The SMILES string of the molecule is O=C(Nc1cccc(N2C(=O)c3ccccc3C2=O)c1)c1ccc(-c2ccc(F)cc2)o1. The summed E-state index contributed by atoms with van der Waals surface area (Å²) in [4.78, 5) is 39.1. The first kappa shape index (κ1) is 19.4. The lowest BCUT2D eigenvalue weighted by atomic mass is 10.1. The smallest absolute Gasteiger partial charge is 0.291 e. The first-order valence-electron chi connectivity index (χ1n) is 9.76. The van der Waals surface area contributed by atoms with Gasteiger partial charge < -0.3 is 9.73 Å². The molecule has 1 N–H and O–H groups in total. The molecule has 0 atom stereocenters. The molecule has 1 aliphatic rings. The number of rotatable bonds is 4. The molecule has 0 saturated carbocycles. The first-order valence-corrected chi connectivity index (χ1v) is 9.76. The van der Waals surface area contributed by atoms with E-state index in [9.17, 15) is 18.8 Å². The average molecular weight is 426 g/mol. The van der Waals surface area contributed by atoms with Gasteiger partial charge in [-0.25, -0.2) is 9.29 Å². The lowest BCUT2D eigenvalue weighted by Gasteiger charge is -2.15. The van der Waals surface area contributed by atoms with E-state index in [-0.39, 0.29) is 11.6 Å². The highest BCUT2D eigenvalue weighted by Crippen LogP contribution is 2.30. The summed E-state index contributed by atoms with van der Waals surface area (Å²) in [5.41, 5.74) is 2.06. The van der Waals surface area contributed by atoms with E-state index in [1.165, 1.54) is 18.2 Å². The number of hydrogen-bond donors (Lipinski definition) is 1. The Labute approximate surface area is 181 Å². The molecule has 0 spiro atoms. The van der Waals surface area contributed by atoms with Crippen LogP contribution in [0.1, 0.15) is 31.3 Å². The number of nitrogens with zero attached hydrogens (tertiary/aromatic N) is 1. The molecule has 0 bridgehead atoms. The number of halogens is 1. The van der Waals surface area contributed by atoms with Crippen molar-refractivity contribution in [3.8, 4) is 11.3 Å². The summed E-state index contributed by atoms with van der Waals surface area (Å²) in [6.07, 6.45) is 0. The minimum atomic E-state index is -0.502. The second kappa shape index (κ2) is 7.63. The van der Waals surface area contributed by atoms with Crippen LogP contribution in [0.5, 0.6) is 0 Å². The van der Waals surface area contributed by atoms with Crippen LogP contribution in [0, 0.1) is 5.82 Å². The Hall–Kier alpha value is -4.52. The van der Waals surface area contributed by atoms with Crippen LogP contribution in [0.15, 0.2) is 89.3 Å². The number of carbonyl (C=O) groups is 3. The van der Waals surface area contributed by atoms with Gasteiger partial charge in [0.15, 0.2) is 5.76 Å². The van der Waals surface area contributed by atoms with Gasteiger partial charge in [0, 0.05) is 11.3 Å². The molecule has 2 heterocycles. The molecule has 0 aliphatic carbocycles. The maximum Gasteiger partial charge on any atom is 0.291 e. The zero-order valence-corrected chi connectivity index (χ0v) is 16.5. The summed E-state index contributed by atoms with van der Waals surface area (Å²) < 4.78 is 18.7. The lowest BCUT2D eigenvalue weighted by molar-refractivity contribution is 0.0925. The molecular formula is C25H15FN2O4. The number of anilines is 2. The van der Waals surface area contributed by atoms with Crippen LogP contribution in [-0.4, -0.2) is 17.7 Å². The van der Waals surface area contributed by atoms with Gasteiger partial charge in [0.25, 0.3) is 17.7 Å². The molecule has 0 fully saturated rings. The molecule has 5 rings (SSSR count). The fraction of sp³-hybridized carbons (Fsp3) is 0. The van der Waals surface area contributed by atoms with Crippen molar-refractivity contribution in [2.45, 2.75) is 0 Å². The van der Waals surface area contributed by atoms with E-state index < -0.39 is 17.7 Å². The predicted molar refractivity (Wildman–Crippen MR) is 116 cm³/mol. The van der Waals surface area contributed by atoms with Gasteiger partial charge in [-0.3, -0.25) is 14.4 Å². The molecule has 32 heavy (non-hydrogen) atoms. The highest BCUT2D eigenvalue weighted by Gasteiger charge is 2.36. The van der Waals surface area contributed by atoms with Crippen molar-refractivity contribution in [1.29, 1.82) is 0 Å². The Morgan fingerprint density at radius 2 is 1.50 bits per heavy atom. The molecule has 0 radical (unpaired) electrons. The normalized spacial score (nSPS) is 12.7. The summed E-state index contributed by atoms with van der Waals surface area (Å²) in [5, 5.41) is 2.70. The molecule has 7 heteroatoms. The zero-order chi connectivity index (χ0) is 22.2. The van der Waals surface area contributed by atoms with Crippen molar-refractivity contribution in [2.24, 2.45) is 0 Å². The molecule has 1 aliphatic heterocycles. The summed E-state index contributed by atoms with van der Waals surface area (Å²) in [7, 11) is 0. The van der Waals surface area contributed by atoms with Crippen LogP contribution < -0.4 is 10.2 Å². The van der Waals surface area contributed by atoms with Crippen molar-refractivity contribution < 1.29 is 23.2 Å². The van der Waals surface area contributed by atoms with Gasteiger partial charge in [0.2, 0.25) is 0 Å². The maximum atomic E-state index is 13.1. The third-order valence-electron chi connectivity index (χ3n) is 5.11. The van der Waals surface area contributed by atoms with E-state index in [4.69, 9.17) is 4.42 Å². The maximum absolute atomic E-state index is 13.1. The molecule has 1 aromatic heterocycles. The topological polar surface area (TPSA) is 79.6 Å². The molecule has 156 valence electrons. The Bertz CT molecular complexity index is 1340. The van der Waals surface area contributed by atoms with Crippen LogP contribution in [0.4, 0.5) is 15.8 Å². The van der Waals surface area contributed by atoms with Crippen LogP contribution in [0.2, 0.25) is 0 Å². The molecule has 6 nitrogen and oxygen atoms in total. The van der Waals surface area contributed by atoms with Crippen molar-refractivity contribution in [3.05, 3.63) is 108 Å². The number of benzene rings is 3. The predicted octanol–water partition coefficient (Wildman–Crippen LogP) is 5.14. The standard InChI is InChI=1S/C25H15FN2O4/c26-16-10-8-15(9-11-16)21-12-13-22(32-21)23(29)27-17-4-3-5-18(14-17)28-24(30)19-6-1-2-7-20(19)25(28)31/h1-14H,(H,27,29). The van der Waals surface area contributed by atoms with Gasteiger partial charge in [-0.05, 0) is 66.7 Å². The molecule has 0 unspecified atom stereocenters. The van der Waals surface area contributed by atoms with Crippen LogP contribution in [0.25, 0.3) is 11.3 Å². The Kier molecular flexibility index (Phi) is 4.63. The van der Waals surface area contributed by atoms with E-state index in [0.29, 0.717) is 33.8 Å².